The summed E-state index contributed by atoms with van der Waals surface area (Å²) in [6, 6.07) is 10.5. The fraction of sp³-hybridized carbons (Fsp3) is 0.525. The maximum absolute atomic E-state index is 14.8. The third kappa shape index (κ3) is 14.2. The number of hydrogen-bond donors (Lipinski definition) is 8. The summed E-state index contributed by atoms with van der Waals surface area (Å²) in [5.41, 5.74) is 3.71. The van der Waals surface area contributed by atoms with Crippen molar-refractivity contribution in [2.45, 2.75) is 164 Å². The van der Waals surface area contributed by atoms with Crippen LogP contribution in [-0.4, -0.2) is 164 Å². The average Bonchev–Trinajstić information content (AvgIpc) is 2.03. The van der Waals surface area contributed by atoms with Crippen molar-refractivity contribution in [3.8, 4) is 0 Å². The highest BCUT2D eigenvalue weighted by Gasteiger charge is 2.52. The molecule has 1 aromatic heterocycles. The van der Waals surface area contributed by atoms with Gasteiger partial charge in [-0.3, -0.25) is 57.9 Å². The molecule has 28 heteroatoms. The number of primary amides is 1. The van der Waals surface area contributed by atoms with Crippen LogP contribution in [0, 0.1) is 5.41 Å². The number of thiophene rings is 1. The zero-order chi connectivity index (χ0) is 64.1. The van der Waals surface area contributed by atoms with E-state index in [0.717, 1.165) is 64.8 Å². The summed E-state index contributed by atoms with van der Waals surface area (Å²) in [7, 11) is -5.93. The Balaban J connectivity index is 0.813. The van der Waals surface area contributed by atoms with E-state index in [4.69, 9.17) is 5.73 Å². The van der Waals surface area contributed by atoms with Crippen LogP contribution in [0.1, 0.15) is 134 Å². The maximum Gasteiger partial charge on any atom is 0.399 e. The number of hydrogen-bond acceptors (Lipinski definition) is 13. The van der Waals surface area contributed by atoms with Gasteiger partial charge in [-0.05, 0) is 127 Å². The number of likely N-dealkylation sites (tertiary alicyclic amines) is 1. The van der Waals surface area contributed by atoms with Gasteiger partial charge in [0.05, 0.1) is 11.4 Å². The molecule has 478 valence electrons. The normalized spacial score (nSPS) is 22.4. The summed E-state index contributed by atoms with van der Waals surface area (Å²) in [5.74, 6) is -5.54. The first-order valence-electron chi connectivity index (χ1n) is 29.9. The SMILES string of the molecule is CC(C)(C)c1ccc(CC(NC(=O)C(CCC(N)=O)NC(=O)[C@@H]2CC[C@@H]3CCN(CC(F)F)C[C@H](NC(=O)c4cc5cc(C(F)(F)P(=O)(O)O)ccc5s4)C(=O)N32)C(=O)N2CCC3(CC2)CC(Nc2ccc4c(c2)CN(C2CCC(=O)NC2=O)C4=O)C3)cc1. The number of halogens is 4. The van der Waals surface area contributed by atoms with Crippen LogP contribution in [0.25, 0.3) is 10.1 Å². The molecule has 1 saturated carbocycles. The standard InChI is InChI=1S/C61H73F4N10O12PS/c1-59(2,3)36-6-4-33(5-7-36)24-43(57(83)73-22-19-60(20-23-73)28-39(29-60)67-38-9-11-41-35(26-38)30-74(56(41)82)45-14-17-51(77)71-53(45)79)69-52(78)42(12-16-50(66)76)68-54(80)46-13-10-40-18-21-72(32-49(62)63)31-44(58(84)75(40)46)70-55(81)48-27-34-25-37(8-15-47(34)89-48)61(64,65)88(85,86)87/h4-9,11,15,25-27,39-40,42-46,49,67H,10,12-14,16-24,28-32H2,1-3H3,(H2,66,76)(H,68,80)(H,69,78)(H,70,81)(H,71,77,79)(H2,85,86,87)/t40-,42?,43?,44+,45?,46+/m1/s1. The van der Waals surface area contributed by atoms with Crippen molar-refractivity contribution in [2.75, 3.05) is 38.0 Å². The number of carbonyl (C=O) groups excluding carboxylic acids is 9. The Kier molecular flexibility index (Phi) is 18.5. The highest BCUT2D eigenvalue weighted by molar-refractivity contribution is 7.52. The average molecular weight is 1280 g/mol. The Bertz CT molecular complexity index is 3510. The molecule has 6 atom stereocenters. The van der Waals surface area contributed by atoms with Crippen LogP contribution < -0.4 is 32.3 Å². The van der Waals surface area contributed by atoms with Gasteiger partial charge in [-0.15, -0.1) is 11.3 Å². The summed E-state index contributed by atoms with van der Waals surface area (Å²) in [6.07, 6.45) is 0.461. The van der Waals surface area contributed by atoms with Crippen molar-refractivity contribution in [1.82, 2.24) is 40.9 Å². The van der Waals surface area contributed by atoms with Gasteiger partial charge in [0.25, 0.3) is 18.2 Å². The molecule has 1 spiro atoms. The molecule has 0 bridgehead atoms. The second-order valence-corrected chi connectivity index (χ2v) is 28.3. The molecule has 89 heavy (non-hydrogen) atoms. The Morgan fingerprint density at radius 2 is 1.57 bits per heavy atom. The summed E-state index contributed by atoms with van der Waals surface area (Å²) in [5, 5.41) is 14.2. The monoisotopic (exact) mass is 1280 g/mol. The van der Waals surface area contributed by atoms with E-state index in [2.05, 4.69) is 47.4 Å². The van der Waals surface area contributed by atoms with Gasteiger partial charge in [0.2, 0.25) is 41.4 Å². The number of nitrogens with two attached hydrogens (primary N) is 1. The van der Waals surface area contributed by atoms with Crippen LogP contribution in [0.3, 0.4) is 0 Å². The summed E-state index contributed by atoms with van der Waals surface area (Å²) < 4.78 is 69.1. The molecule has 3 unspecified atom stereocenters. The molecule has 5 aliphatic heterocycles. The lowest BCUT2D eigenvalue weighted by Gasteiger charge is -2.53. The van der Waals surface area contributed by atoms with Crippen molar-refractivity contribution in [2.24, 2.45) is 11.1 Å². The summed E-state index contributed by atoms with van der Waals surface area (Å²) in [6.45, 7) is 6.09. The molecule has 3 aromatic carbocycles. The van der Waals surface area contributed by atoms with Crippen LogP contribution in [0.4, 0.5) is 23.2 Å². The predicted molar refractivity (Wildman–Crippen MR) is 318 cm³/mol. The van der Waals surface area contributed by atoms with Crippen molar-refractivity contribution >= 4 is 87.9 Å². The van der Waals surface area contributed by atoms with Crippen LogP contribution >= 0.6 is 18.9 Å². The van der Waals surface area contributed by atoms with Crippen molar-refractivity contribution in [1.29, 1.82) is 0 Å². The van der Waals surface area contributed by atoms with E-state index in [0.29, 0.717) is 31.5 Å². The Morgan fingerprint density at radius 3 is 2.24 bits per heavy atom. The minimum Gasteiger partial charge on any atom is -0.382 e. The topological polar surface area (TPSA) is 310 Å². The first-order valence-corrected chi connectivity index (χ1v) is 32.3. The van der Waals surface area contributed by atoms with Crippen LogP contribution in [0.15, 0.2) is 66.7 Å². The second kappa shape index (κ2) is 25.5. The molecule has 4 saturated heterocycles. The van der Waals surface area contributed by atoms with Crippen LogP contribution in [-0.2, 0) is 62.2 Å². The molecule has 0 radical (unpaired) electrons. The summed E-state index contributed by atoms with van der Waals surface area (Å²) in [4.78, 5) is 147. The zero-order valence-corrected chi connectivity index (χ0v) is 51.1. The predicted octanol–water partition coefficient (Wildman–Crippen LogP) is 4.98. The number of anilines is 1. The molecule has 9 N–H and O–H groups in total. The lowest BCUT2D eigenvalue weighted by Crippen LogP contribution is -2.62. The van der Waals surface area contributed by atoms with E-state index >= 15 is 0 Å². The Hall–Kier alpha value is -7.32. The van der Waals surface area contributed by atoms with Gasteiger partial charge in [-0.1, -0.05) is 51.1 Å². The van der Waals surface area contributed by atoms with E-state index in [1.165, 1.54) is 20.8 Å². The number of fused-ring (bicyclic) bond motifs is 3. The van der Waals surface area contributed by atoms with E-state index in [9.17, 15) is 75.1 Å². The fourth-order valence-electron chi connectivity index (χ4n) is 13.4. The van der Waals surface area contributed by atoms with Gasteiger partial charge in [0, 0.05) is 85.6 Å². The molecule has 1 aliphatic carbocycles. The molecular weight excluding hydrogens is 1200 g/mol. The van der Waals surface area contributed by atoms with E-state index in [1.807, 2.05) is 36.4 Å². The number of amides is 9. The highest BCUT2D eigenvalue weighted by atomic mass is 32.1. The number of benzene rings is 3. The van der Waals surface area contributed by atoms with Gasteiger partial charge >= 0.3 is 13.3 Å². The Morgan fingerprint density at radius 1 is 0.865 bits per heavy atom. The quantitative estimate of drug-likeness (QED) is 0.0349. The minimum absolute atomic E-state index is 0.0303. The van der Waals surface area contributed by atoms with E-state index < -0.39 is 110 Å². The maximum atomic E-state index is 14.8. The Labute approximate surface area is 514 Å². The number of imide groups is 1. The van der Waals surface area contributed by atoms with Crippen molar-refractivity contribution in [3.63, 3.8) is 0 Å². The minimum atomic E-state index is -5.93. The van der Waals surface area contributed by atoms with Crippen LogP contribution in [0.5, 0.6) is 0 Å². The number of nitrogens with one attached hydrogen (secondary N) is 5. The molecule has 4 aromatic rings. The molecule has 6 aliphatic rings. The van der Waals surface area contributed by atoms with E-state index in [-0.39, 0.29) is 114 Å². The van der Waals surface area contributed by atoms with Crippen molar-refractivity contribution in [3.05, 3.63) is 99.4 Å². The zero-order valence-electron chi connectivity index (χ0n) is 49.4. The van der Waals surface area contributed by atoms with Gasteiger partial charge in [0.15, 0.2) is 0 Å². The first kappa shape index (κ1) is 64.7. The van der Waals surface area contributed by atoms with Crippen LogP contribution in [0.2, 0.25) is 0 Å². The molecule has 5 fully saturated rings. The lowest BCUT2D eigenvalue weighted by atomic mass is 9.60. The second-order valence-electron chi connectivity index (χ2n) is 25.5. The first-order chi connectivity index (χ1) is 41.9. The molecular formula is C61H73F4N10O12PS. The molecule has 9 amide bonds. The number of rotatable bonds is 19. The number of alkyl halides is 4. The third-order valence-corrected chi connectivity index (χ3v) is 20.4. The molecule has 22 nitrogen and oxygen atoms in total. The number of nitrogens with zero attached hydrogens (tertiary/aromatic N) is 4. The van der Waals surface area contributed by atoms with Gasteiger partial charge in [-0.2, -0.15) is 8.78 Å². The lowest BCUT2D eigenvalue weighted by molar-refractivity contribution is -0.144. The number of piperidine rings is 2. The van der Waals surface area contributed by atoms with Gasteiger partial charge in [-0.25, -0.2) is 8.78 Å². The smallest absolute Gasteiger partial charge is 0.382 e. The van der Waals surface area contributed by atoms with Gasteiger partial charge < -0.3 is 51.5 Å². The molecule has 10 rings (SSSR count). The molecule has 6 heterocycles. The third-order valence-electron chi connectivity index (χ3n) is 18.3. The van der Waals surface area contributed by atoms with Crippen molar-refractivity contribution < 1.29 is 75.1 Å². The van der Waals surface area contributed by atoms with E-state index in [1.54, 1.807) is 11.0 Å². The van der Waals surface area contributed by atoms with Gasteiger partial charge in [0.1, 0.15) is 30.2 Å². The largest absolute Gasteiger partial charge is 0.399 e. The highest BCUT2D eigenvalue weighted by Crippen LogP contribution is 2.59. The number of carbonyl (C=O) groups is 9. The fourth-order valence-corrected chi connectivity index (χ4v) is 14.8. The summed E-state index contributed by atoms with van der Waals surface area (Å²) >= 11 is 0.817.